The van der Waals surface area contributed by atoms with Gasteiger partial charge in [-0.3, -0.25) is 0 Å². The van der Waals surface area contributed by atoms with Crippen LogP contribution in [0.15, 0.2) is 48.7 Å². The predicted octanol–water partition coefficient (Wildman–Crippen LogP) is 4.35. The van der Waals surface area contributed by atoms with Crippen LogP contribution in [0.2, 0.25) is 0 Å². The Morgan fingerprint density at radius 3 is 2.50 bits per heavy atom. The summed E-state index contributed by atoms with van der Waals surface area (Å²) in [7, 11) is 0. The van der Waals surface area contributed by atoms with Gasteiger partial charge in [-0.2, -0.15) is 5.26 Å². The van der Waals surface area contributed by atoms with E-state index >= 15 is 0 Å². The fourth-order valence-corrected chi connectivity index (χ4v) is 2.90. The molecule has 98 valence electrons. The number of hydrogen-bond acceptors (Lipinski definition) is 1. The van der Waals surface area contributed by atoms with Crippen molar-refractivity contribution < 1.29 is 0 Å². The molecule has 3 rings (SSSR count). The molecule has 2 heterocycles. The largest absolute Gasteiger partial charge is 0.320 e. The van der Waals surface area contributed by atoms with E-state index in [0.29, 0.717) is 5.56 Å². The van der Waals surface area contributed by atoms with Gasteiger partial charge in [0, 0.05) is 23.0 Å². The van der Waals surface area contributed by atoms with E-state index in [1.165, 1.54) is 27.9 Å². The molecule has 0 aliphatic carbocycles. The first-order valence-corrected chi connectivity index (χ1v) is 6.85. The summed E-state index contributed by atoms with van der Waals surface area (Å²) in [6.07, 6.45) is 3.10. The smallest absolute Gasteiger partial charge is 0.0991 e. The van der Waals surface area contributed by atoms with Gasteiger partial charge in [-0.15, -0.1) is 0 Å². The van der Waals surface area contributed by atoms with Gasteiger partial charge in [0.05, 0.1) is 11.6 Å². The number of fused-ring (bicyclic) bond motifs is 1. The number of nitrogens with zero attached hydrogens (tertiary/aromatic N) is 2. The minimum Gasteiger partial charge on any atom is -0.320 e. The van der Waals surface area contributed by atoms with Crippen LogP contribution < -0.4 is 0 Å². The Kier molecular flexibility index (Phi) is 3.04. The first-order valence-electron chi connectivity index (χ1n) is 6.85. The van der Waals surface area contributed by atoms with Crippen LogP contribution in [0.1, 0.15) is 23.7 Å². The fraction of sp³-hybridized carbons (Fsp3) is 0.167. The Bertz CT molecular complexity index is 802. The van der Waals surface area contributed by atoms with E-state index in [1.807, 2.05) is 24.3 Å². The lowest BCUT2D eigenvalue weighted by Gasteiger charge is -2.04. The Hall–Kier alpha value is -2.53. The highest BCUT2D eigenvalue weighted by Crippen LogP contribution is 2.33. The van der Waals surface area contributed by atoms with Crippen molar-refractivity contribution in [2.75, 3.05) is 0 Å². The average Bonchev–Trinajstić information content (AvgIpc) is 2.80. The van der Waals surface area contributed by atoms with Crippen LogP contribution in [0.5, 0.6) is 0 Å². The lowest BCUT2D eigenvalue weighted by atomic mass is 9.98. The quantitative estimate of drug-likeness (QED) is 0.673. The predicted molar refractivity (Wildman–Crippen MR) is 81.7 cm³/mol. The molecule has 0 N–H and O–H groups in total. The minimum atomic E-state index is 0.702. The van der Waals surface area contributed by atoms with Crippen molar-refractivity contribution in [1.82, 2.24) is 4.40 Å². The van der Waals surface area contributed by atoms with Gasteiger partial charge in [0.15, 0.2) is 0 Å². The fourth-order valence-electron chi connectivity index (χ4n) is 2.90. The number of pyridine rings is 1. The van der Waals surface area contributed by atoms with Crippen molar-refractivity contribution in [2.24, 2.45) is 0 Å². The van der Waals surface area contributed by atoms with E-state index in [9.17, 15) is 0 Å². The molecule has 0 spiro atoms. The Morgan fingerprint density at radius 1 is 1.10 bits per heavy atom. The highest BCUT2D eigenvalue weighted by atomic mass is 14.9. The summed E-state index contributed by atoms with van der Waals surface area (Å²) < 4.78 is 2.24. The third-order valence-corrected chi connectivity index (χ3v) is 3.85. The van der Waals surface area contributed by atoms with Gasteiger partial charge >= 0.3 is 0 Å². The minimum absolute atomic E-state index is 0.702. The van der Waals surface area contributed by atoms with E-state index in [4.69, 9.17) is 5.26 Å². The van der Waals surface area contributed by atoms with Gasteiger partial charge in [-0.25, -0.2) is 0 Å². The third kappa shape index (κ3) is 1.80. The molecule has 20 heavy (non-hydrogen) atoms. The molecule has 2 heteroatoms. The van der Waals surface area contributed by atoms with E-state index in [2.05, 4.69) is 48.7 Å². The highest BCUT2D eigenvalue weighted by molar-refractivity contribution is 5.80. The second-order valence-electron chi connectivity index (χ2n) is 4.94. The van der Waals surface area contributed by atoms with Crippen LogP contribution >= 0.6 is 0 Å². The number of nitriles is 1. The number of benzene rings is 1. The molecule has 0 amide bonds. The van der Waals surface area contributed by atoms with Crippen molar-refractivity contribution in [1.29, 1.82) is 5.26 Å². The molecule has 3 aromatic rings. The Morgan fingerprint density at radius 2 is 1.85 bits per heavy atom. The molecule has 0 fully saturated rings. The number of rotatable bonds is 2. The lowest BCUT2D eigenvalue weighted by molar-refractivity contribution is 1.11. The second kappa shape index (κ2) is 4.86. The van der Waals surface area contributed by atoms with Crippen molar-refractivity contribution in [3.8, 4) is 17.2 Å². The lowest BCUT2D eigenvalue weighted by Crippen LogP contribution is -1.86. The zero-order valence-corrected chi connectivity index (χ0v) is 11.7. The molecule has 0 saturated heterocycles. The summed E-state index contributed by atoms with van der Waals surface area (Å²) in [4.78, 5) is 0. The van der Waals surface area contributed by atoms with Crippen LogP contribution in [-0.4, -0.2) is 4.40 Å². The maximum Gasteiger partial charge on any atom is 0.0991 e. The van der Waals surface area contributed by atoms with Crippen LogP contribution in [0, 0.1) is 18.3 Å². The summed E-state index contributed by atoms with van der Waals surface area (Å²) >= 11 is 0. The van der Waals surface area contributed by atoms with Crippen molar-refractivity contribution in [3.05, 3.63) is 65.5 Å². The van der Waals surface area contributed by atoms with E-state index in [-0.39, 0.29) is 0 Å². The molecule has 1 aromatic carbocycles. The van der Waals surface area contributed by atoms with Gasteiger partial charge in [-0.05, 0) is 48.7 Å². The molecule has 0 radical (unpaired) electrons. The first kappa shape index (κ1) is 12.5. The molecule has 2 nitrogen and oxygen atoms in total. The molecule has 0 bridgehead atoms. The molecule has 0 aliphatic heterocycles. The van der Waals surface area contributed by atoms with Gasteiger partial charge in [0.2, 0.25) is 0 Å². The molecule has 0 unspecified atom stereocenters. The molecule has 0 saturated carbocycles. The van der Waals surface area contributed by atoms with Crippen LogP contribution in [0.25, 0.3) is 16.6 Å². The van der Waals surface area contributed by atoms with Crippen LogP contribution in [0.3, 0.4) is 0 Å². The SMILES string of the molecule is CCc1c(-c2ccc(C#N)cc2)c(C)n2ccccc12. The van der Waals surface area contributed by atoms with Crippen LogP contribution in [-0.2, 0) is 6.42 Å². The Balaban J connectivity index is 2.29. The average molecular weight is 260 g/mol. The third-order valence-electron chi connectivity index (χ3n) is 3.85. The van der Waals surface area contributed by atoms with Crippen LogP contribution in [0.4, 0.5) is 0 Å². The topological polar surface area (TPSA) is 28.2 Å². The summed E-state index contributed by atoms with van der Waals surface area (Å²) in [5, 5.41) is 8.91. The van der Waals surface area contributed by atoms with E-state index in [1.54, 1.807) is 0 Å². The standard InChI is InChI=1S/C18H16N2/c1-3-16-17-6-4-5-11-20(17)13(2)18(16)15-9-7-14(12-19)8-10-15/h4-11H,3H2,1-2H3. The summed E-state index contributed by atoms with van der Waals surface area (Å²) in [6.45, 7) is 4.34. The molecule has 0 aliphatic rings. The monoisotopic (exact) mass is 260 g/mol. The van der Waals surface area contributed by atoms with Crippen molar-refractivity contribution in [3.63, 3.8) is 0 Å². The summed E-state index contributed by atoms with van der Waals surface area (Å²) in [6, 6.07) is 16.3. The van der Waals surface area contributed by atoms with Gasteiger partial charge < -0.3 is 4.40 Å². The van der Waals surface area contributed by atoms with Gasteiger partial charge in [0.25, 0.3) is 0 Å². The first-order chi connectivity index (χ1) is 9.76. The zero-order valence-electron chi connectivity index (χ0n) is 11.7. The number of aromatic nitrogens is 1. The van der Waals surface area contributed by atoms with E-state index < -0.39 is 0 Å². The normalized spacial score (nSPS) is 10.7. The maximum atomic E-state index is 8.91. The molecular weight excluding hydrogens is 244 g/mol. The van der Waals surface area contributed by atoms with Gasteiger partial charge in [-0.1, -0.05) is 25.1 Å². The maximum absolute atomic E-state index is 8.91. The summed E-state index contributed by atoms with van der Waals surface area (Å²) in [5.41, 5.74) is 7.07. The highest BCUT2D eigenvalue weighted by Gasteiger charge is 2.15. The van der Waals surface area contributed by atoms with Crippen molar-refractivity contribution in [2.45, 2.75) is 20.3 Å². The number of aryl methyl sites for hydroxylation is 2. The molecule has 0 atom stereocenters. The second-order valence-corrected chi connectivity index (χ2v) is 4.94. The zero-order chi connectivity index (χ0) is 14.1. The number of hydrogen-bond donors (Lipinski definition) is 0. The van der Waals surface area contributed by atoms with E-state index in [0.717, 1.165) is 6.42 Å². The van der Waals surface area contributed by atoms with Crippen molar-refractivity contribution >= 4 is 5.52 Å². The van der Waals surface area contributed by atoms with Gasteiger partial charge in [0.1, 0.15) is 0 Å². The summed E-state index contributed by atoms with van der Waals surface area (Å²) in [5.74, 6) is 0. The molecule has 2 aromatic heterocycles. The Labute approximate surface area is 118 Å². The molecular formula is C18H16N2.